The van der Waals surface area contributed by atoms with Crippen LogP contribution in [0.15, 0.2) is 36.7 Å². The van der Waals surface area contributed by atoms with Crippen LogP contribution in [0.2, 0.25) is 0 Å². The first-order chi connectivity index (χ1) is 15.3. The van der Waals surface area contributed by atoms with Gasteiger partial charge in [0.05, 0.1) is 6.54 Å². The molecule has 4 N–H and O–H groups in total. The summed E-state index contributed by atoms with van der Waals surface area (Å²) in [5.74, 6) is 0.0979. The summed E-state index contributed by atoms with van der Waals surface area (Å²) < 4.78 is 46.4. The quantitative estimate of drug-likeness (QED) is 0.466. The van der Waals surface area contributed by atoms with Crippen LogP contribution in [0.25, 0.3) is 21.5 Å². The lowest BCUT2D eigenvalue weighted by atomic mass is 10.0. The van der Waals surface area contributed by atoms with Crippen molar-refractivity contribution in [2.75, 3.05) is 29.5 Å². The van der Waals surface area contributed by atoms with Crippen molar-refractivity contribution >= 4 is 38.6 Å². The van der Waals surface area contributed by atoms with E-state index in [2.05, 4.69) is 19.9 Å². The fourth-order valence-electron chi connectivity index (χ4n) is 3.58. The first-order valence-corrected chi connectivity index (χ1v) is 10.3. The summed E-state index contributed by atoms with van der Waals surface area (Å²) in [5, 5.41) is 0.431. The van der Waals surface area contributed by atoms with E-state index in [1.807, 2.05) is 18.2 Å². The summed E-state index contributed by atoms with van der Waals surface area (Å²) in [7, 11) is 0. The van der Waals surface area contributed by atoms with Crippen molar-refractivity contribution in [1.29, 1.82) is 0 Å². The Morgan fingerprint density at radius 1 is 1.03 bits per heavy atom. The third-order valence-corrected chi connectivity index (χ3v) is 5.84. The number of anilines is 3. The van der Waals surface area contributed by atoms with Gasteiger partial charge >= 0.3 is 6.18 Å². The lowest BCUT2D eigenvalue weighted by molar-refractivity contribution is -0.137. The molecule has 4 aromatic rings. The van der Waals surface area contributed by atoms with Gasteiger partial charge in [0.15, 0.2) is 5.13 Å². The number of aromatic nitrogens is 4. The number of rotatable bonds is 2. The molecule has 0 fully saturated rings. The highest BCUT2D eigenvalue weighted by atomic mass is 32.1. The van der Waals surface area contributed by atoms with Crippen LogP contribution in [-0.2, 0) is 12.7 Å². The van der Waals surface area contributed by atoms with Crippen LogP contribution in [0.1, 0.15) is 11.1 Å². The number of fused-ring (bicyclic) bond motifs is 2. The van der Waals surface area contributed by atoms with E-state index in [0.29, 0.717) is 28.2 Å². The second kappa shape index (κ2) is 7.48. The minimum Gasteiger partial charge on any atom is -0.491 e. The number of thiazole rings is 1. The molecule has 4 heterocycles. The number of pyridine rings is 1. The summed E-state index contributed by atoms with van der Waals surface area (Å²) in [4.78, 5) is 18.3. The van der Waals surface area contributed by atoms with Gasteiger partial charge in [0.2, 0.25) is 5.95 Å². The van der Waals surface area contributed by atoms with Crippen molar-refractivity contribution in [1.82, 2.24) is 19.9 Å². The maximum Gasteiger partial charge on any atom is 0.421 e. The third-order valence-electron chi connectivity index (χ3n) is 5.03. The van der Waals surface area contributed by atoms with Crippen LogP contribution in [-0.4, -0.2) is 33.1 Å². The largest absolute Gasteiger partial charge is 0.491 e. The summed E-state index contributed by atoms with van der Waals surface area (Å²) in [6.07, 6.45) is -2.19. The van der Waals surface area contributed by atoms with E-state index in [1.54, 1.807) is 12.3 Å². The summed E-state index contributed by atoms with van der Waals surface area (Å²) in [5.41, 5.74) is 13.4. The Morgan fingerprint density at radius 3 is 2.69 bits per heavy atom. The van der Waals surface area contributed by atoms with Gasteiger partial charge in [-0.05, 0) is 23.8 Å². The predicted molar refractivity (Wildman–Crippen MR) is 115 cm³/mol. The second-order valence-electron chi connectivity index (χ2n) is 7.16. The highest BCUT2D eigenvalue weighted by molar-refractivity contribution is 7.21. The number of halogens is 3. The highest BCUT2D eigenvalue weighted by Gasteiger charge is 2.37. The van der Waals surface area contributed by atoms with Crippen molar-refractivity contribution in [2.24, 2.45) is 0 Å². The van der Waals surface area contributed by atoms with Gasteiger partial charge in [-0.15, -0.1) is 0 Å². The molecule has 0 radical (unpaired) electrons. The Morgan fingerprint density at radius 2 is 1.88 bits per heavy atom. The van der Waals surface area contributed by atoms with E-state index in [0.717, 1.165) is 16.0 Å². The monoisotopic (exact) mass is 459 g/mol. The zero-order valence-corrected chi connectivity index (χ0v) is 17.2. The Hall–Kier alpha value is -3.67. The zero-order chi connectivity index (χ0) is 22.5. The van der Waals surface area contributed by atoms with Crippen molar-refractivity contribution in [2.45, 2.75) is 12.7 Å². The van der Waals surface area contributed by atoms with Gasteiger partial charge < -0.3 is 21.1 Å². The third kappa shape index (κ3) is 3.73. The molecule has 5 rings (SSSR count). The van der Waals surface area contributed by atoms with Crippen molar-refractivity contribution < 1.29 is 17.9 Å². The molecule has 0 saturated carbocycles. The van der Waals surface area contributed by atoms with E-state index < -0.39 is 11.7 Å². The molecule has 1 aliphatic rings. The molecule has 0 aliphatic carbocycles. The first kappa shape index (κ1) is 20.2. The van der Waals surface area contributed by atoms with Crippen LogP contribution in [0.3, 0.4) is 0 Å². The number of ether oxygens (including phenoxy) is 1. The SMILES string of the molecule is Nc1ncc(C(F)(F)F)c(N2CCOc3ccc(-c4cnc5sc(N)nc5c4)cc3C2)n1. The number of hydrogen-bond donors (Lipinski definition) is 2. The molecule has 32 heavy (non-hydrogen) atoms. The van der Waals surface area contributed by atoms with Crippen molar-refractivity contribution in [3.8, 4) is 16.9 Å². The molecule has 1 aliphatic heterocycles. The number of hydrogen-bond acceptors (Lipinski definition) is 9. The number of alkyl halides is 3. The molecule has 1 aromatic carbocycles. The van der Waals surface area contributed by atoms with Gasteiger partial charge in [-0.25, -0.2) is 15.0 Å². The zero-order valence-electron chi connectivity index (χ0n) is 16.4. The molecule has 3 aromatic heterocycles. The maximum atomic E-state index is 13.5. The predicted octanol–water partition coefficient (Wildman–Crippen LogP) is 3.73. The maximum absolute atomic E-state index is 13.5. The van der Waals surface area contributed by atoms with Gasteiger partial charge in [-0.1, -0.05) is 17.4 Å². The number of nitrogens with zero attached hydrogens (tertiary/aromatic N) is 5. The Balaban J connectivity index is 1.53. The van der Waals surface area contributed by atoms with E-state index >= 15 is 0 Å². The Kier molecular flexibility index (Phi) is 4.73. The van der Waals surface area contributed by atoms with Crippen LogP contribution >= 0.6 is 11.3 Å². The standard InChI is InChI=1S/C20H16F3N7OS/c21-20(22,23)13-8-27-18(24)29-16(13)30-3-4-31-15-2-1-10(5-12(15)9-30)11-6-14-17(26-7-11)32-19(25)28-14/h1-2,5-8H,3-4,9H2,(H2,25,28)(H2,24,27,29). The number of nitrogen functional groups attached to an aromatic ring is 2. The van der Waals surface area contributed by atoms with E-state index in [4.69, 9.17) is 16.2 Å². The average Bonchev–Trinajstić information content (AvgIpc) is 2.98. The highest BCUT2D eigenvalue weighted by Crippen LogP contribution is 2.38. The van der Waals surface area contributed by atoms with E-state index in [1.165, 1.54) is 16.2 Å². The number of nitrogens with two attached hydrogens (primary N) is 2. The van der Waals surface area contributed by atoms with E-state index in [-0.39, 0.29) is 31.5 Å². The van der Waals surface area contributed by atoms with Crippen LogP contribution in [0, 0.1) is 0 Å². The lowest BCUT2D eigenvalue weighted by Gasteiger charge is -2.24. The van der Waals surface area contributed by atoms with Gasteiger partial charge in [-0.2, -0.15) is 18.2 Å². The van der Waals surface area contributed by atoms with Crippen LogP contribution in [0.4, 0.5) is 30.1 Å². The summed E-state index contributed by atoms with van der Waals surface area (Å²) in [6, 6.07) is 7.41. The molecule has 0 saturated heterocycles. The molecule has 12 heteroatoms. The molecule has 0 unspecified atom stereocenters. The smallest absolute Gasteiger partial charge is 0.421 e. The second-order valence-corrected chi connectivity index (χ2v) is 8.17. The fourth-order valence-corrected chi connectivity index (χ4v) is 4.24. The summed E-state index contributed by atoms with van der Waals surface area (Å²) >= 11 is 1.30. The molecule has 0 bridgehead atoms. The minimum atomic E-state index is -4.61. The molecular formula is C20H16F3N7OS. The number of benzene rings is 1. The van der Waals surface area contributed by atoms with Gasteiger partial charge in [0, 0.05) is 30.1 Å². The topological polar surface area (TPSA) is 116 Å². The Bertz CT molecular complexity index is 1320. The molecule has 0 atom stereocenters. The summed E-state index contributed by atoms with van der Waals surface area (Å²) in [6.45, 7) is 0.552. The van der Waals surface area contributed by atoms with Gasteiger partial charge in [-0.3, -0.25) is 0 Å². The van der Waals surface area contributed by atoms with E-state index in [9.17, 15) is 13.2 Å². The van der Waals surface area contributed by atoms with Crippen molar-refractivity contribution in [3.63, 3.8) is 0 Å². The lowest BCUT2D eigenvalue weighted by Crippen LogP contribution is -2.29. The molecule has 8 nitrogen and oxygen atoms in total. The molecule has 164 valence electrons. The molecule has 0 spiro atoms. The van der Waals surface area contributed by atoms with Gasteiger partial charge in [0.25, 0.3) is 0 Å². The normalized spacial score (nSPS) is 14.2. The van der Waals surface area contributed by atoms with Crippen LogP contribution in [0.5, 0.6) is 5.75 Å². The average molecular weight is 459 g/mol. The molecule has 0 amide bonds. The molecular weight excluding hydrogens is 443 g/mol. The Labute approximate surface area is 183 Å². The first-order valence-electron chi connectivity index (χ1n) is 9.51. The van der Waals surface area contributed by atoms with Crippen molar-refractivity contribution in [3.05, 3.63) is 47.8 Å². The van der Waals surface area contributed by atoms with Gasteiger partial charge in [0.1, 0.15) is 34.1 Å². The fraction of sp³-hybridized carbons (Fsp3) is 0.200. The van der Waals surface area contributed by atoms with Crippen LogP contribution < -0.4 is 21.1 Å². The minimum absolute atomic E-state index is 0.155.